The lowest BCUT2D eigenvalue weighted by Crippen LogP contribution is -2.13. The van der Waals surface area contributed by atoms with Crippen LogP contribution in [0, 0.1) is 10.1 Å². The van der Waals surface area contributed by atoms with Crippen LogP contribution in [0.15, 0.2) is 46.9 Å². The second-order valence-corrected chi connectivity index (χ2v) is 5.40. The minimum absolute atomic E-state index is 0.0713. The molecule has 0 atom stereocenters. The molecule has 104 valence electrons. The maximum Gasteiger partial charge on any atom is 0.283 e. The summed E-state index contributed by atoms with van der Waals surface area (Å²) in [7, 11) is 0. The molecule has 6 heteroatoms. The number of halogens is 2. The fourth-order valence-corrected chi connectivity index (χ4v) is 2.57. The Morgan fingerprint density at radius 3 is 2.45 bits per heavy atom. The molecule has 2 aromatic rings. The van der Waals surface area contributed by atoms with Gasteiger partial charge in [0, 0.05) is 24.2 Å². The molecule has 4 nitrogen and oxygen atoms in total. The van der Waals surface area contributed by atoms with E-state index in [0.29, 0.717) is 22.6 Å². The first kappa shape index (κ1) is 15.0. The first-order chi connectivity index (χ1) is 9.59. The molecule has 0 spiro atoms. The molecular weight excluding hydrogens is 344 g/mol. The highest BCUT2D eigenvalue weighted by atomic mass is 79.9. The largest absolute Gasteiger partial charge is 0.309 e. The minimum Gasteiger partial charge on any atom is -0.309 e. The van der Waals surface area contributed by atoms with Crippen LogP contribution in [0.3, 0.4) is 0 Å². The maximum absolute atomic E-state index is 10.9. The number of benzene rings is 2. The molecule has 0 amide bonds. The van der Waals surface area contributed by atoms with Gasteiger partial charge in [0.25, 0.3) is 5.69 Å². The summed E-state index contributed by atoms with van der Waals surface area (Å²) in [5, 5.41) is 14.8. The molecule has 0 aliphatic carbocycles. The summed E-state index contributed by atoms with van der Waals surface area (Å²) in [6, 6.07) is 12.6. The summed E-state index contributed by atoms with van der Waals surface area (Å²) < 4.78 is 0.511. The summed E-state index contributed by atoms with van der Waals surface area (Å²) >= 11 is 9.34. The van der Waals surface area contributed by atoms with Crippen molar-refractivity contribution in [2.24, 2.45) is 0 Å². The average Bonchev–Trinajstić information content (AvgIpc) is 2.42. The van der Waals surface area contributed by atoms with Crippen LogP contribution in [0.5, 0.6) is 0 Å². The molecular formula is C14H12BrClN2O2. The molecule has 0 heterocycles. The molecule has 0 unspecified atom stereocenters. The molecule has 1 N–H and O–H groups in total. The highest BCUT2D eigenvalue weighted by Crippen LogP contribution is 2.28. The molecule has 20 heavy (non-hydrogen) atoms. The molecule has 0 saturated carbocycles. The maximum atomic E-state index is 10.9. The quantitative estimate of drug-likeness (QED) is 0.642. The molecule has 0 aliphatic rings. The van der Waals surface area contributed by atoms with E-state index in [9.17, 15) is 10.1 Å². The third-order valence-corrected chi connectivity index (χ3v) is 4.13. The van der Waals surface area contributed by atoms with E-state index < -0.39 is 4.92 Å². The van der Waals surface area contributed by atoms with Crippen LogP contribution in [0.25, 0.3) is 0 Å². The van der Waals surface area contributed by atoms with Crippen molar-refractivity contribution in [3.8, 4) is 0 Å². The SMILES string of the molecule is O=[N+]([O-])c1cccc(CNCc2ccccc2Cl)c1Br. The Morgan fingerprint density at radius 1 is 1.10 bits per heavy atom. The molecule has 0 fully saturated rings. The van der Waals surface area contributed by atoms with E-state index in [-0.39, 0.29) is 5.69 Å². The van der Waals surface area contributed by atoms with E-state index in [1.165, 1.54) is 6.07 Å². The number of nitro benzene ring substituents is 1. The topological polar surface area (TPSA) is 55.2 Å². The second kappa shape index (κ2) is 6.83. The van der Waals surface area contributed by atoms with E-state index in [2.05, 4.69) is 21.2 Å². The first-order valence-corrected chi connectivity index (χ1v) is 7.12. The van der Waals surface area contributed by atoms with Crippen molar-refractivity contribution in [2.75, 3.05) is 0 Å². The van der Waals surface area contributed by atoms with Crippen LogP contribution in [-0.2, 0) is 13.1 Å². The Labute approximate surface area is 130 Å². The normalized spacial score (nSPS) is 10.5. The van der Waals surface area contributed by atoms with Crippen molar-refractivity contribution in [2.45, 2.75) is 13.1 Å². The summed E-state index contributed by atoms with van der Waals surface area (Å²) in [5.74, 6) is 0. The van der Waals surface area contributed by atoms with Crippen molar-refractivity contribution < 1.29 is 4.92 Å². The van der Waals surface area contributed by atoms with E-state index in [1.54, 1.807) is 6.07 Å². The van der Waals surface area contributed by atoms with Gasteiger partial charge in [-0.15, -0.1) is 0 Å². The van der Waals surface area contributed by atoms with Gasteiger partial charge in [-0.1, -0.05) is 41.9 Å². The Morgan fingerprint density at radius 2 is 1.75 bits per heavy atom. The molecule has 2 rings (SSSR count). The van der Waals surface area contributed by atoms with Crippen LogP contribution >= 0.6 is 27.5 Å². The number of nitrogens with one attached hydrogen (secondary N) is 1. The third-order valence-electron chi connectivity index (χ3n) is 2.84. The summed E-state index contributed by atoms with van der Waals surface area (Å²) in [4.78, 5) is 10.5. The zero-order chi connectivity index (χ0) is 14.5. The van der Waals surface area contributed by atoms with Gasteiger partial charge < -0.3 is 5.32 Å². The number of nitrogens with zero attached hydrogens (tertiary/aromatic N) is 1. The highest BCUT2D eigenvalue weighted by molar-refractivity contribution is 9.10. The molecule has 2 aromatic carbocycles. The van der Waals surface area contributed by atoms with Crippen molar-refractivity contribution >= 4 is 33.2 Å². The van der Waals surface area contributed by atoms with Crippen molar-refractivity contribution in [1.29, 1.82) is 0 Å². The van der Waals surface area contributed by atoms with Gasteiger partial charge in [0.05, 0.1) is 9.40 Å². The average molecular weight is 356 g/mol. The lowest BCUT2D eigenvalue weighted by molar-refractivity contribution is -0.385. The van der Waals surface area contributed by atoms with Gasteiger partial charge in [0.15, 0.2) is 0 Å². The molecule has 0 aromatic heterocycles. The van der Waals surface area contributed by atoms with Crippen LogP contribution in [0.4, 0.5) is 5.69 Å². The zero-order valence-electron chi connectivity index (χ0n) is 10.5. The zero-order valence-corrected chi connectivity index (χ0v) is 12.8. The van der Waals surface area contributed by atoms with Crippen LogP contribution in [0.2, 0.25) is 5.02 Å². The predicted molar refractivity (Wildman–Crippen MR) is 82.8 cm³/mol. The highest BCUT2D eigenvalue weighted by Gasteiger charge is 2.14. The smallest absolute Gasteiger partial charge is 0.283 e. The Kier molecular flexibility index (Phi) is 5.11. The molecule has 0 radical (unpaired) electrons. The molecule has 0 saturated heterocycles. The Bertz CT molecular complexity index is 634. The van der Waals surface area contributed by atoms with Gasteiger partial charge in [-0.25, -0.2) is 0 Å². The van der Waals surface area contributed by atoms with Crippen LogP contribution < -0.4 is 5.32 Å². The van der Waals surface area contributed by atoms with E-state index >= 15 is 0 Å². The van der Waals surface area contributed by atoms with Crippen molar-refractivity contribution in [3.63, 3.8) is 0 Å². The van der Waals surface area contributed by atoms with Gasteiger partial charge in [-0.2, -0.15) is 0 Å². The summed E-state index contributed by atoms with van der Waals surface area (Å²) in [6.45, 7) is 1.13. The van der Waals surface area contributed by atoms with Gasteiger partial charge >= 0.3 is 0 Å². The van der Waals surface area contributed by atoms with Crippen LogP contribution in [-0.4, -0.2) is 4.92 Å². The summed E-state index contributed by atoms with van der Waals surface area (Å²) in [5.41, 5.74) is 1.91. The number of hydrogen-bond donors (Lipinski definition) is 1. The first-order valence-electron chi connectivity index (χ1n) is 5.95. The van der Waals surface area contributed by atoms with E-state index in [1.807, 2.05) is 30.3 Å². The summed E-state index contributed by atoms with van der Waals surface area (Å²) in [6.07, 6.45) is 0. The Hall–Kier alpha value is -1.43. The van der Waals surface area contributed by atoms with Gasteiger partial charge in [-0.3, -0.25) is 10.1 Å². The fourth-order valence-electron chi connectivity index (χ4n) is 1.82. The van der Waals surface area contributed by atoms with Gasteiger partial charge in [0.1, 0.15) is 0 Å². The predicted octanol–water partition coefficient (Wildman–Crippen LogP) is 4.30. The van der Waals surface area contributed by atoms with Gasteiger partial charge in [0.2, 0.25) is 0 Å². The van der Waals surface area contributed by atoms with E-state index in [0.717, 1.165) is 11.1 Å². The molecule has 0 aliphatic heterocycles. The standard InChI is InChI=1S/C14H12BrClN2O2/c15-14-11(5-3-7-13(14)18(19)20)9-17-8-10-4-1-2-6-12(10)16/h1-7,17H,8-9H2. The lowest BCUT2D eigenvalue weighted by Gasteiger charge is -2.08. The van der Waals surface area contributed by atoms with E-state index in [4.69, 9.17) is 11.6 Å². The number of rotatable bonds is 5. The third kappa shape index (κ3) is 3.56. The monoisotopic (exact) mass is 354 g/mol. The number of nitro groups is 1. The minimum atomic E-state index is -0.401. The number of hydrogen-bond acceptors (Lipinski definition) is 3. The van der Waals surface area contributed by atoms with Crippen molar-refractivity contribution in [3.05, 3.63) is 73.2 Å². The van der Waals surface area contributed by atoms with Crippen molar-refractivity contribution in [1.82, 2.24) is 5.32 Å². The van der Waals surface area contributed by atoms with Crippen LogP contribution in [0.1, 0.15) is 11.1 Å². The lowest BCUT2D eigenvalue weighted by atomic mass is 10.2. The fraction of sp³-hybridized carbons (Fsp3) is 0.143. The second-order valence-electron chi connectivity index (χ2n) is 4.20. The molecule has 0 bridgehead atoms. The Balaban J connectivity index is 2.03. The van der Waals surface area contributed by atoms with Gasteiger partial charge in [-0.05, 0) is 33.1 Å².